The van der Waals surface area contributed by atoms with Crippen molar-refractivity contribution in [3.05, 3.63) is 41.0 Å². The van der Waals surface area contributed by atoms with Gasteiger partial charge in [-0.05, 0) is 45.1 Å². The predicted molar refractivity (Wildman–Crippen MR) is 100 cm³/mol. The molecule has 0 aromatic carbocycles. The number of fused-ring (bicyclic) bond motifs is 3. The van der Waals surface area contributed by atoms with Gasteiger partial charge in [-0.3, -0.25) is 0 Å². The minimum Gasteiger partial charge on any atom is -0.368 e. The summed E-state index contributed by atoms with van der Waals surface area (Å²) in [4.78, 5) is 16.0. The van der Waals surface area contributed by atoms with Gasteiger partial charge in [0.1, 0.15) is 5.82 Å². The molecule has 2 N–H and O–H groups in total. The van der Waals surface area contributed by atoms with Gasteiger partial charge in [-0.1, -0.05) is 0 Å². The van der Waals surface area contributed by atoms with E-state index in [1.54, 1.807) is 0 Å². The van der Waals surface area contributed by atoms with Crippen molar-refractivity contribution < 1.29 is 0 Å². The number of nitrogens with two attached hydrogens (primary N) is 1. The minimum atomic E-state index is 0.0632. The average molecular weight is 349 g/mol. The summed E-state index contributed by atoms with van der Waals surface area (Å²) in [5, 5.41) is 4.54. The smallest absolute Gasteiger partial charge is 0.220 e. The van der Waals surface area contributed by atoms with Crippen molar-refractivity contribution in [2.75, 3.05) is 23.7 Å². The molecule has 2 aliphatic rings. The van der Waals surface area contributed by atoms with Crippen LogP contribution in [0.25, 0.3) is 5.65 Å². The van der Waals surface area contributed by atoms with Crippen molar-refractivity contribution in [1.82, 2.24) is 24.6 Å². The zero-order valence-electron chi connectivity index (χ0n) is 15.2. The first kappa shape index (κ1) is 15.5. The van der Waals surface area contributed by atoms with Gasteiger partial charge in [-0.25, -0.2) is 15.0 Å². The molecule has 0 radical (unpaired) electrons. The average Bonchev–Trinajstić information content (AvgIpc) is 3.21. The van der Waals surface area contributed by atoms with E-state index in [0.717, 1.165) is 61.6 Å². The number of anilines is 2. The van der Waals surface area contributed by atoms with Gasteiger partial charge in [0.05, 0.1) is 11.9 Å². The molecule has 1 spiro atoms. The van der Waals surface area contributed by atoms with E-state index in [4.69, 9.17) is 5.73 Å². The molecule has 1 saturated heterocycles. The van der Waals surface area contributed by atoms with Crippen LogP contribution in [0.4, 0.5) is 11.8 Å². The highest BCUT2D eigenvalue weighted by Gasteiger charge is 2.44. The quantitative estimate of drug-likeness (QED) is 0.725. The van der Waals surface area contributed by atoms with E-state index in [-0.39, 0.29) is 5.41 Å². The maximum absolute atomic E-state index is 5.91. The van der Waals surface area contributed by atoms with Gasteiger partial charge in [0.15, 0.2) is 5.65 Å². The van der Waals surface area contributed by atoms with Crippen molar-refractivity contribution in [3.63, 3.8) is 0 Å². The van der Waals surface area contributed by atoms with E-state index in [0.29, 0.717) is 5.95 Å². The third-order valence-electron chi connectivity index (χ3n) is 6.12. The van der Waals surface area contributed by atoms with E-state index < -0.39 is 0 Å². The van der Waals surface area contributed by atoms with E-state index in [2.05, 4.69) is 38.8 Å². The second kappa shape index (κ2) is 5.40. The lowest BCUT2D eigenvalue weighted by molar-refractivity contribution is 0.332. The maximum Gasteiger partial charge on any atom is 0.220 e. The molecular weight excluding hydrogens is 326 g/mol. The lowest BCUT2D eigenvalue weighted by atomic mass is 9.77. The molecule has 134 valence electrons. The van der Waals surface area contributed by atoms with Crippen LogP contribution in [0.5, 0.6) is 0 Å². The first-order valence-corrected chi connectivity index (χ1v) is 9.25. The summed E-state index contributed by atoms with van der Waals surface area (Å²) in [6.07, 6.45) is 8.17. The van der Waals surface area contributed by atoms with Crippen molar-refractivity contribution in [1.29, 1.82) is 0 Å². The third kappa shape index (κ3) is 2.12. The zero-order valence-corrected chi connectivity index (χ0v) is 15.2. The Hall–Kier alpha value is -2.70. The number of nitrogens with zero attached hydrogens (tertiary/aromatic N) is 6. The van der Waals surface area contributed by atoms with Crippen LogP contribution in [0, 0.1) is 13.8 Å². The molecule has 0 saturated carbocycles. The molecule has 1 aliphatic carbocycles. The maximum atomic E-state index is 5.91. The zero-order chi connectivity index (χ0) is 17.9. The monoisotopic (exact) mass is 349 g/mol. The van der Waals surface area contributed by atoms with Crippen molar-refractivity contribution in [2.24, 2.45) is 0 Å². The molecule has 1 unspecified atom stereocenters. The van der Waals surface area contributed by atoms with Crippen LogP contribution in [0.2, 0.25) is 0 Å². The summed E-state index contributed by atoms with van der Waals surface area (Å²) in [5.74, 6) is 1.54. The molecular formula is C19H23N7. The Bertz CT molecular complexity index is 1000. The molecule has 4 heterocycles. The molecule has 1 fully saturated rings. The topological polar surface area (TPSA) is 85.2 Å². The van der Waals surface area contributed by atoms with Crippen LogP contribution in [-0.2, 0) is 11.8 Å². The number of rotatable bonds is 1. The Morgan fingerprint density at radius 1 is 1.19 bits per heavy atom. The van der Waals surface area contributed by atoms with Crippen molar-refractivity contribution >= 4 is 17.4 Å². The molecule has 7 nitrogen and oxygen atoms in total. The molecule has 0 amide bonds. The molecule has 7 heteroatoms. The molecule has 26 heavy (non-hydrogen) atoms. The van der Waals surface area contributed by atoms with E-state index >= 15 is 0 Å². The molecule has 1 atom stereocenters. The van der Waals surface area contributed by atoms with Crippen LogP contribution in [0.1, 0.15) is 41.8 Å². The summed E-state index contributed by atoms with van der Waals surface area (Å²) in [5.41, 5.74) is 11.6. The fraction of sp³-hybridized carbons (Fsp3) is 0.474. The second-order valence-corrected chi connectivity index (χ2v) is 7.65. The van der Waals surface area contributed by atoms with Crippen LogP contribution in [0.15, 0.2) is 18.5 Å². The fourth-order valence-corrected chi connectivity index (χ4v) is 4.76. The summed E-state index contributed by atoms with van der Waals surface area (Å²) >= 11 is 0. The number of nitrogen functional groups attached to an aromatic ring is 1. The summed E-state index contributed by atoms with van der Waals surface area (Å²) in [6.45, 7) is 6.18. The Balaban J connectivity index is 1.61. The Kier molecular flexibility index (Phi) is 3.23. The number of hydrogen-bond acceptors (Lipinski definition) is 6. The fourth-order valence-electron chi connectivity index (χ4n) is 4.76. The highest BCUT2D eigenvalue weighted by Crippen LogP contribution is 2.45. The summed E-state index contributed by atoms with van der Waals surface area (Å²) < 4.78 is 1.98. The second-order valence-electron chi connectivity index (χ2n) is 7.65. The SMILES string of the molecule is Cc1nc2ccnn2c(N2CCCC3(CCc4cnc(N)nc43)C2)c1C. The first-order valence-electron chi connectivity index (χ1n) is 9.25. The van der Waals surface area contributed by atoms with Crippen LogP contribution < -0.4 is 10.6 Å². The number of aryl methyl sites for hydroxylation is 2. The number of hydrogen-bond donors (Lipinski definition) is 1. The predicted octanol–water partition coefficient (Wildman–Crippen LogP) is 2.20. The van der Waals surface area contributed by atoms with Gasteiger partial charge in [-0.15, -0.1) is 0 Å². The first-order chi connectivity index (χ1) is 12.6. The van der Waals surface area contributed by atoms with Crippen LogP contribution in [0.3, 0.4) is 0 Å². The molecule has 3 aromatic rings. The van der Waals surface area contributed by atoms with Gasteiger partial charge < -0.3 is 10.6 Å². The summed E-state index contributed by atoms with van der Waals surface area (Å²) in [7, 11) is 0. The van der Waals surface area contributed by atoms with Crippen molar-refractivity contribution in [3.8, 4) is 0 Å². The standard InChI is InChI=1S/C19H23N7/c1-12-13(2)23-15-5-8-22-26(15)17(12)25-9-3-6-19(11-25)7-4-14-10-21-18(20)24-16(14)19/h5,8,10H,3-4,6-7,9,11H2,1-2H3,(H2,20,21,24). The molecule has 1 aliphatic heterocycles. The lowest BCUT2D eigenvalue weighted by Gasteiger charge is -2.42. The highest BCUT2D eigenvalue weighted by molar-refractivity contribution is 5.57. The van der Waals surface area contributed by atoms with Crippen LogP contribution in [-0.4, -0.2) is 37.7 Å². The van der Waals surface area contributed by atoms with Crippen LogP contribution >= 0.6 is 0 Å². The van der Waals surface area contributed by atoms with Gasteiger partial charge in [0, 0.05) is 42.0 Å². The minimum absolute atomic E-state index is 0.0632. The van der Waals surface area contributed by atoms with Gasteiger partial charge in [0.2, 0.25) is 5.95 Å². The highest BCUT2D eigenvalue weighted by atomic mass is 15.4. The lowest BCUT2D eigenvalue weighted by Crippen LogP contribution is -2.46. The Morgan fingerprint density at radius 3 is 2.96 bits per heavy atom. The van der Waals surface area contributed by atoms with E-state index in [1.807, 2.05) is 23.0 Å². The Morgan fingerprint density at radius 2 is 2.08 bits per heavy atom. The van der Waals surface area contributed by atoms with Gasteiger partial charge >= 0.3 is 0 Å². The van der Waals surface area contributed by atoms with E-state index in [1.165, 1.54) is 11.1 Å². The van der Waals surface area contributed by atoms with Gasteiger partial charge in [0.25, 0.3) is 0 Å². The van der Waals surface area contributed by atoms with E-state index in [9.17, 15) is 0 Å². The summed E-state index contributed by atoms with van der Waals surface area (Å²) in [6, 6.07) is 1.97. The largest absolute Gasteiger partial charge is 0.368 e. The third-order valence-corrected chi connectivity index (χ3v) is 6.12. The molecule has 5 rings (SSSR count). The molecule has 3 aromatic heterocycles. The Labute approximate surface area is 152 Å². The molecule has 0 bridgehead atoms. The van der Waals surface area contributed by atoms with Gasteiger partial charge in [-0.2, -0.15) is 9.61 Å². The normalized spacial score (nSPS) is 22.3. The number of aromatic nitrogens is 5. The number of piperidine rings is 1. The van der Waals surface area contributed by atoms with Crippen molar-refractivity contribution in [2.45, 2.75) is 44.9 Å².